The van der Waals surface area contributed by atoms with Gasteiger partial charge in [-0.1, -0.05) is 18.2 Å². The molecule has 20 heavy (non-hydrogen) atoms. The van der Waals surface area contributed by atoms with Crippen LogP contribution in [0.15, 0.2) is 18.2 Å². The van der Waals surface area contributed by atoms with Crippen molar-refractivity contribution in [3.63, 3.8) is 0 Å². The number of β-amino-alcohol motifs (C(OH)–C–C–N with tert-alkyl or cyclic N) is 1. The molecule has 0 bridgehead atoms. The van der Waals surface area contributed by atoms with Gasteiger partial charge < -0.3 is 15.2 Å². The summed E-state index contributed by atoms with van der Waals surface area (Å²) in [5.74, 6) is 0.393. The molecule has 1 fully saturated rings. The lowest BCUT2D eigenvalue weighted by Crippen LogP contribution is -2.39. The second-order valence-electron chi connectivity index (χ2n) is 4.85. The number of carbonyl (C=O) groups excluding carboxylic acids is 2. The number of hydrogen-bond donors (Lipinski definition) is 2. The van der Waals surface area contributed by atoms with E-state index in [1.165, 1.54) is 0 Å². The van der Waals surface area contributed by atoms with Crippen molar-refractivity contribution < 1.29 is 19.4 Å². The third-order valence-corrected chi connectivity index (χ3v) is 3.16. The first-order valence-electron chi connectivity index (χ1n) is 6.44. The topological polar surface area (TPSA) is 78.9 Å². The van der Waals surface area contributed by atoms with Crippen LogP contribution in [0.5, 0.6) is 5.75 Å². The quantitative estimate of drug-likeness (QED) is 0.773. The van der Waals surface area contributed by atoms with Gasteiger partial charge in [-0.05, 0) is 25.0 Å². The van der Waals surface area contributed by atoms with Crippen LogP contribution in [0.1, 0.15) is 11.1 Å². The standard InChI is InChI=1S/C14H18N2O4/c1-9-4-3-5-10(2)13(9)20-8-11(17)7-16-12(18)6-15-14(16)19/h3-5,11,17H,6-8H2,1-2H3,(H,15,19). The maximum absolute atomic E-state index is 11.4. The van der Waals surface area contributed by atoms with Crippen molar-refractivity contribution in [1.29, 1.82) is 0 Å². The Bertz CT molecular complexity index is 494. The third-order valence-electron chi connectivity index (χ3n) is 3.16. The zero-order valence-corrected chi connectivity index (χ0v) is 11.5. The maximum Gasteiger partial charge on any atom is 0.324 e. The number of amides is 3. The zero-order chi connectivity index (χ0) is 14.7. The number of aliphatic hydroxyl groups is 1. The van der Waals surface area contributed by atoms with Crippen LogP contribution in [0.2, 0.25) is 0 Å². The summed E-state index contributed by atoms with van der Waals surface area (Å²) in [6.07, 6.45) is -0.915. The number of rotatable bonds is 5. The van der Waals surface area contributed by atoms with E-state index in [2.05, 4.69) is 5.32 Å². The van der Waals surface area contributed by atoms with Crippen LogP contribution in [0, 0.1) is 13.8 Å². The molecule has 108 valence electrons. The number of carbonyl (C=O) groups is 2. The molecule has 1 atom stereocenters. The highest BCUT2D eigenvalue weighted by molar-refractivity contribution is 6.01. The minimum atomic E-state index is -0.915. The average Bonchev–Trinajstić information content (AvgIpc) is 2.70. The number of urea groups is 1. The second kappa shape index (κ2) is 5.92. The number of para-hydroxylation sites is 1. The van der Waals surface area contributed by atoms with Crippen molar-refractivity contribution in [1.82, 2.24) is 10.2 Å². The molecule has 1 aromatic rings. The van der Waals surface area contributed by atoms with Crippen molar-refractivity contribution in [2.24, 2.45) is 0 Å². The molecule has 1 heterocycles. The Labute approximate surface area is 117 Å². The van der Waals surface area contributed by atoms with E-state index >= 15 is 0 Å². The largest absolute Gasteiger partial charge is 0.490 e. The number of aliphatic hydroxyl groups excluding tert-OH is 1. The summed E-state index contributed by atoms with van der Waals surface area (Å²) in [5, 5.41) is 12.3. The van der Waals surface area contributed by atoms with Gasteiger partial charge in [0, 0.05) is 0 Å². The number of benzene rings is 1. The van der Waals surface area contributed by atoms with Gasteiger partial charge in [-0.25, -0.2) is 4.79 Å². The fraction of sp³-hybridized carbons (Fsp3) is 0.429. The van der Waals surface area contributed by atoms with Crippen LogP contribution in [-0.2, 0) is 4.79 Å². The van der Waals surface area contributed by atoms with E-state index in [-0.39, 0.29) is 25.6 Å². The summed E-state index contributed by atoms with van der Waals surface area (Å²) in [4.78, 5) is 23.7. The molecule has 1 aliphatic rings. The highest BCUT2D eigenvalue weighted by atomic mass is 16.5. The number of nitrogens with one attached hydrogen (secondary N) is 1. The molecule has 0 radical (unpaired) electrons. The van der Waals surface area contributed by atoms with Crippen LogP contribution >= 0.6 is 0 Å². The normalized spacial score (nSPS) is 16.2. The maximum atomic E-state index is 11.4. The number of nitrogens with zero attached hydrogens (tertiary/aromatic N) is 1. The molecular weight excluding hydrogens is 260 g/mol. The molecule has 2 N–H and O–H groups in total. The van der Waals surface area contributed by atoms with E-state index in [4.69, 9.17) is 4.74 Å². The SMILES string of the molecule is Cc1cccc(C)c1OCC(O)CN1C(=O)CNC1=O. The molecule has 1 unspecified atom stereocenters. The fourth-order valence-electron chi connectivity index (χ4n) is 2.11. The molecule has 0 saturated carbocycles. The van der Waals surface area contributed by atoms with Gasteiger partial charge in [0.2, 0.25) is 5.91 Å². The lowest BCUT2D eigenvalue weighted by molar-refractivity contribution is -0.126. The third kappa shape index (κ3) is 3.08. The predicted octanol–water partition coefficient (Wildman–Crippen LogP) is 0.595. The van der Waals surface area contributed by atoms with Crippen LogP contribution in [-0.4, -0.2) is 47.7 Å². The number of ether oxygens (including phenoxy) is 1. The van der Waals surface area contributed by atoms with Crippen molar-refractivity contribution in [3.05, 3.63) is 29.3 Å². The van der Waals surface area contributed by atoms with Gasteiger partial charge >= 0.3 is 6.03 Å². The highest BCUT2D eigenvalue weighted by Crippen LogP contribution is 2.22. The zero-order valence-electron chi connectivity index (χ0n) is 11.5. The van der Waals surface area contributed by atoms with Crippen LogP contribution < -0.4 is 10.1 Å². The molecule has 3 amide bonds. The Hall–Kier alpha value is -2.08. The highest BCUT2D eigenvalue weighted by Gasteiger charge is 2.30. The molecule has 1 aliphatic heterocycles. The molecule has 6 nitrogen and oxygen atoms in total. The van der Waals surface area contributed by atoms with E-state index in [0.29, 0.717) is 0 Å². The van der Waals surface area contributed by atoms with Gasteiger partial charge in [0.25, 0.3) is 0 Å². The average molecular weight is 278 g/mol. The van der Waals surface area contributed by atoms with E-state index in [1.807, 2.05) is 32.0 Å². The van der Waals surface area contributed by atoms with Crippen molar-refractivity contribution in [2.45, 2.75) is 20.0 Å². The molecule has 1 aromatic carbocycles. The van der Waals surface area contributed by atoms with Crippen LogP contribution in [0.4, 0.5) is 4.79 Å². The Morgan fingerprint density at radius 1 is 1.35 bits per heavy atom. The van der Waals surface area contributed by atoms with E-state index in [9.17, 15) is 14.7 Å². The summed E-state index contributed by atoms with van der Waals surface area (Å²) in [6, 6.07) is 5.31. The summed E-state index contributed by atoms with van der Waals surface area (Å²) in [7, 11) is 0. The summed E-state index contributed by atoms with van der Waals surface area (Å²) < 4.78 is 5.59. The molecular formula is C14H18N2O4. The minimum absolute atomic E-state index is 0.0106. The molecule has 0 spiro atoms. The van der Waals surface area contributed by atoms with Gasteiger partial charge in [-0.3, -0.25) is 9.69 Å². The molecule has 0 aromatic heterocycles. The molecule has 0 aliphatic carbocycles. The smallest absolute Gasteiger partial charge is 0.324 e. The van der Waals surface area contributed by atoms with E-state index in [1.54, 1.807) is 0 Å². The number of imide groups is 1. The van der Waals surface area contributed by atoms with E-state index < -0.39 is 12.1 Å². The van der Waals surface area contributed by atoms with Gasteiger partial charge in [-0.2, -0.15) is 0 Å². The first kappa shape index (κ1) is 14.3. The summed E-state index contributed by atoms with van der Waals surface area (Å²) >= 11 is 0. The Morgan fingerprint density at radius 2 is 2.00 bits per heavy atom. The monoisotopic (exact) mass is 278 g/mol. The lowest BCUT2D eigenvalue weighted by atomic mass is 10.1. The Morgan fingerprint density at radius 3 is 2.55 bits per heavy atom. The van der Waals surface area contributed by atoms with Gasteiger partial charge in [-0.15, -0.1) is 0 Å². The van der Waals surface area contributed by atoms with Gasteiger partial charge in [0.05, 0.1) is 13.1 Å². The van der Waals surface area contributed by atoms with Crippen molar-refractivity contribution in [2.75, 3.05) is 19.7 Å². The summed E-state index contributed by atoms with van der Waals surface area (Å²) in [5.41, 5.74) is 1.96. The summed E-state index contributed by atoms with van der Waals surface area (Å²) in [6.45, 7) is 3.81. The molecule has 1 saturated heterocycles. The fourth-order valence-corrected chi connectivity index (χ4v) is 2.11. The van der Waals surface area contributed by atoms with Crippen LogP contribution in [0.3, 0.4) is 0 Å². The second-order valence-corrected chi connectivity index (χ2v) is 4.85. The number of hydrogen-bond acceptors (Lipinski definition) is 4. The van der Waals surface area contributed by atoms with Crippen molar-refractivity contribution in [3.8, 4) is 5.75 Å². The molecule has 2 rings (SSSR count). The first-order chi connectivity index (χ1) is 9.49. The van der Waals surface area contributed by atoms with E-state index in [0.717, 1.165) is 21.8 Å². The lowest BCUT2D eigenvalue weighted by Gasteiger charge is -2.19. The Balaban J connectivity index is 1.91. The Kier molecular flexibility index (Phi) is 4.24. The minimum Gasteiger partial charge on any atom is -0.490 e. The van der Waals surface area contributed by atoms with Gasteiger partial charge in [0.1, 0.15) is 18.5 Å². The predicted molar refractivity (Wildman–Crippen MR) is 72.5 cm³/mol. The van der Waals surface area contributed by atoms with Gasteiger partial charge in [0.15, 0.2) is 0 Å². The first-order valence-corrected chi connectivity index (χ1v) is 6.44. The van der Waals surface area contributed by atoms with Crippen molar-refractivity contribution >= 4 is 11.9 Å². The van der Waals surface area contributed by atoms with Crippen LogP contribution in [0.25, 0.3) is 0 Å². The molecule has 6 heteroatoms. The number of aryl methyl sites for hydroxylation is 2.